The van der Waals surface area contributed by atoms with E-state index in [1.807, 2.05) is 0 Å². The summed E-state index contributed by atoms with van der Waals surface area (Å²) >= 11 is 1.08. The van der Waals surface area contributed by atoms with Crippen molar-refractivity contribution in [2.45, 2.75) is 6.43 Å². The number of thiophene rings is 1. The zero-order valence-corrected chi connectivity index (χ0v) is 11.7. The van der Waals surface area contributed by atoms with Crippen LogP contribution in [0.5, 0.6) is 0 Å². The lowest BCUT2D eigenvalue weighted by Crippen LogP contribution is -2.27. The van der Waals surface area contributed by atoms with Gasteiger partial charge in [-0.3, -0.25) is 4.79 Å². The second-order valence-electron chi connectivity index (χ2n) is 4.18. The van der Waals surface area contributed by atoms with Crippen molar-refractivity contribution >= 4 is 33.0 Å². The highest BCUT2D eigenvalue weighted by Crippen LogP contribution is 2.35. The molecule has 114 valence electrons. The van der Waals surface area contributed by atoms with Gasteiger partial charge in [-0.15, -0.1) is 11.3 Å². The number of nitrogen functional groups attached to an aromatic ring is 1. The molecule has 1 heterocycles. The average molecular weight is 318 g/mol. The zero-order chi connectivity index (χ0) is 15.4. The molecule has 0 fully saturated rings. The third-order valence-electron chi connectivity index (χ3n) is 2.68. The van der Waals surface area contributed by atoms with E-state index in [1.165, 1.54) is 12.1 Å². The third kappa shape index (κ3) is 3.64. The van der Waals surface area contributed by atoms with E-state index in [9.17, 15) is 18.0 Å². The maximum atomic E-state index is 13.7. The number of hydrogen-bond acceptors (Lipinski definition) is 4. The number of carbonyl (C=O) groups is 1. The molecule has 2 rings (SSSR count). The van der Waals surface area contributed by atoms with Crippen molar-refractivity contribution < 1.29 is 22.7 Å². The van der Waals surface area contributed by atoms with Gasteiger partial charge in [0.1, 0.15) is 17.3 Å². The number of nitrogens with two attached hydrogens (primary N) is 1. The third-order valence-corrected chi connectivity index (χ3v) is 3.85. The first-order valence-corrected chi connectivity index (χ1v) is 6.93. The smallest absolute Gasteiger partial charge is 0.263 e. The molecule has 8 heteroatoms. The Kier molecular flexibility index (Phi) is 5.03. The predicted octanol–water partition coefficient (Wildman–Crippen LogP) is 2.63. The largest absolute Gasteiger partial charge is 0.397 e. The van der Waals surface area contributed by atoms with E-state index in [0.717, 1.165) is 11.3 Å². The Hall–Kier alpha value is -1.80. The van der Waals surface area contributed by atoms with Crippen LogP contribution in [0.3, 0.4) is 0 Å². The lowest BCUT2D eigenvalue weighted by molar-refractivity contribution is 0.0188. The van der Waals surface area contributed by atoms with Crippen molar-refractivity contribution in [2.75, 3.05) is 25.5 Å². The molecule has 0 bridgehead atoms. The lowest BCUT2D eigenvalue weighted by atomic mass is 10.2. The van der Waals surface area contributed by atoms with E-state index in [-0.39, 0.29) is 29.1 Å². The average Bonchev–Trinajstić information content (AvgIpc) is 2.76. The summed E-state index contributed by atoms with van der Waals surface area (Å²) in [5.41, 5.74) is 5.87. The van der Waals surface area contributed by atoms with Crippen molar-refractivity contribution in [3.8, 4) is 0 Å². The first-order valence-electron chi connectivity index (χ1n) is 6.11. The van der Waals surface area contributed by atoms with E-state index in [2.05, 4.69) is 10.1 Å². The van der Waals surface area contributed by atoms with Gasteiger partial charge in [0.2, 0.25) is 0 Å². The number of hydrogen-bond donors (Lipinski definition) is 2. The molecular weight excluding hydrogens is 305 g/mol. The molecule has 1 aromatic heterocycles. The minimum absolute atomic E-state index is 0.0325. The minimum Gasteiger partial charge on any atom is -0.397 e. The van der Waals surface area contributed by atoms with Crippen LogP contribution in [0.2, 0.25) is 0 Å². The van der Waals surface area contributed by atoms with Crippen LogP contribution in [0, 0.1) is 5.82 Å². The minimum atomic E-state index is -2.54. The van der Waals surface area contributed by atoms with Crippen molar-refractivity contribution in [1.29, 1.82) is 0 Å². The van der Waals surface area contributed by atoms with Gasteiger partial charge in [-0.05, 0) is 12.1 Å². The van der Waals surface area contributed by atoms with Crippen LogP contribution in [-0.4, -0.2) is 32.1 Å². The first-order chi connectivity index (χ1) is 10.0. The van der Waals surface area contributed by atoms with Crippen LogP contribution in [0.15, 0.2) is 18.2 Å². The number of ether oxygens (including phenoxy) is 1. The fourth-order valence-corrected chi connectivity index (χ4v) is 2.84. The summed E-state index contributed by atoms with van der Waals surface area (Å²) in [6.07, 6.45) is -2.54. The van der Waals surface area contributed by atoms with E-state index in [0.29, 0.717) is 4.70 Å². The van der Waals surface area contributed by atoms with Gasteiger partial charge < -0.3 is 15.8 Å². The molecule has 0 aliphatic rings. The number of halogens is 3. The highest BCUT2D eigenvalue weighted by atomic mass is 32.1. The molecule has 1 amide bonds. The van der Waals surface area contributed by atoms with Gasteiger partial charge in [0.05, 0.1) is 17.7 Å². The van der Waals surface area contributed by atoms with Crippen LogP contribution >= 0.6 is 11.3 Å². The molecule has 4 nitrogen and oxygen atoms in total. The lowest BCUT2D eigenvalue weighted by Gasteiger charge is -2.05. The second-order valence-corrected chi connectivity index (χ2v) is 5.23. The maximum Gasteiger partial charge on any atom is 0.263 e. The Morgan fingerprint density at radius 3 is 2.86 bits per heavy atom. The first kappa shape index (κ1) is 15.6. The van der Waals surface area contributed by atoms with Gasteiger partial charge in [-0.25, -0.2) is 13.2 Å². The Morgan fingerprint density at radius 2 is 2.19 bits per heavy atom. The summed E-state index contributed by atoms with van der Waals surface area (Å²) in [7, 11) is 0. The number of nitrogens with one attached hydrogen (secondary N) is 1. The Balaban J connectivity index is 2.00. The number of fused-ring (bicyclic) bond motifs is 1. The monoisotopic (exact) mass is 318 g/mol. The van der Waals surface area contributed by atoms with E-state index in [1.54, 1.807) is 6.07 Å². The number of amides is 1. The van der Waals surface area contributed by atoms with Crippen LogP contribution in [0.25, 0.3) is 10.1 Å². The number of alkyl halides is 2. The number of benzene rings is 1. The van der Waals surface area contributed by atoms with Gasteiger partial charge in [0.15, 0.2) is 0 Å². The van der Waals surface area contributed by atoms with Crippen molar-refractivity contribution in [2.24, 2.45) is 0 Å². The Morgan fingerprint density at radius 1 is 1.43 bits per heavy atom. The van der Waals surface area contributed by atoms with E-state index in [4.69, 9.17) is 5.73 Å². The number of rotatable bonds is 6. The van der Waals surface area contributed by atoms with E-state index < -0.39 is 24.8 Å². The van der Waals surface area contributed by atoms with E-state index >= 15 is 0 Å². The van der Waals surface area contributed by atoms with Crippen molar-refractivity contribution in [3.63, 3.8) is 0 Å². The molecule has 3 N–H and O–H groups in total. The van der Waals surface area contributed by atoms with Gasteiger partial charge in [0.25, 0.3) is 12.3 Å². The highest BCUT2D eigenvalue weighted by molar-refractivity contribution is 7.21. The standard InChI is InChI=1S/C13H13F3N2O2S/c14-7-2-1-3-8-10(7)11(17)12(21-8)13(19)18-4-5-20-6-9(15)16/h1-3,9H,4-6,17H2,(H,18,19). The molecule has 21 heavy (non-hydrogen) atoms. The van der Waals surface area contributed by atoms with Crippen LogP contribution < -0.4 is 11.1 Å². The summed E-state index contributed by atoms with van der Waals surface area (Å²) < 4.78 is 42.5. The molecule has 0 atom stereocenters. The summed E-state index contributed by atoms with van der Waals surface area (Å²) in [4.78, 5) is 12.1. The fourth-order valence-electron chi connectivity index (χ4n) is 1.79. The molecular formula is C13H13F3N2O2S. The van der Waals surface area contributed by atoms with Gasteiger partial charge in [-0.2, -0.15) is 0 Å². The van der Waals surface area contributed by atoms with Crippen molar-refractivity contribution in [3.05, 3.63) is 28.9 Å². The molecule has 2 aromatic rings. The fraction of sp³-hybridized carbons (Fsp3) is 0.308. The van der Waals surface area contributed by atoms with Gasteiger partial charge >= 0.3 is 0 Å². The molecule has 0 aliphatic carbocycles. The molecule has 0 radical (unpaired) electrons. The number of carbonyl (C=O) groups excluding carboxylic acids is 1. The SMILES string of the molecule is Nc1c(C(=O)NCCOCC(F)F)sc2cccc(F)c12. The summed E-state index contributed by atoms with van der Waals surface area (Å²) in [5, 5.41) is 2.72. The van der Waals surface area contributed by atoms with Crippen LogP contribution in [-0.2, 0) is 4.74 Å². The molecule has 0 spiro atoms. The predicted molar refractivity (Wildman–Crippen MR) is 75.4 cm³/mol. The molecule has 0 unspecified atom stereocenters. The van der Waals surface area contributed by atoms with Crippen molar-refractivity contribution in [1.82, 2.24) is 5.32 Å². The topological polar surface area (TPSA) is 64.4 Å². The molecule has 0 aliphatic heterocycles. The Labute approximate surface area is 122 Å². The summed E-state index contributed by atoms with van der Waals surface area (Å²) in [6, 6.07) is 4.47. The highest BCUT2D eigenvalue weighted by Gasteiger charge is 2.18. The van der Waals surface area contributed by atoms with Gasteiger partial charge in [-0.1, -0.05) is 6.07 Å². The Bertz CT molecular complexity index is 646. The molecule has 0 saturated carbocycles. The van der Waals surface area contributed by atoms with Crippen LogP contribution in [0.4, 0.5) is 18.9 Å². The quantitative estimate of drug-likeness (QED) is 0.805. The number of anilines is 1. The second kappa shape index (κ2) is 6.77. The maximum absolute atomic E-state index is 13.7. The molecule has 1 aromatic carbocycles. The molecule has 0 saturated heterocycles. The normalized spacial score (nSPS) is 11.2. The summed E-state index contributed by atoms with van der Waals surface area (Å²) in [5.74, 6) is -0.964. The zero-order valence-electron chi connectivity index (χ0n) is 10.9. The summed E-state index contributed by atoms with van der Waals surface area (Å²) in [6.45, 7) is -0.636. The van der Waals surface area contributed by atoms with Gasteiger partial charge in [0, 0.05) is 11.2 Å². The van der Waals surface area contributed by atoms with Crippen LogP contribution in [0.1, 0.15) is 9.67 Å².